The molecule has 0 aliphatic heterocycles. The lowest BCUT2D eigenvalue weighted by atomic mass is 10.0. The minimum absolute atomic E-state index is 0.0580. The van der Waals surface area contributed by atoms with Gasteiger partial charge >= 0.3 is 5.97 Å². The minimum Gasteiger partial charge on any atom is -0.478 e. The topological polar surface area (TPSA) is 40.5 Å². The first-order chi connectivity index (χ1) is 8.97. The number of carboxylic acids is 1. The van der Waals surface area contributed by atoms with Crippen molar-refractivity contribution < 1.29 is 14.3 Å². The third-order valence-electron chi connectivity index (χ3n) is 3.41. The lowest BCUT2D eigenvalue weighted by Crippen LogP contribution is -2.28. The maximum atomic E-state index is 13.1. The van der Waals surface area contributed by atoms with Crippen LogP contribution in [0.1, 0.15) is 43.1 Å². The van der Waals surface area contributed by atoms with Gasteiger partial charge in [0.05, 0.1) is 5.56 Å². The number of hydrogen-bond acceptors (Lipinski definition) is 2. The third-order valence-corrected chi connectivity index (χ3v) is 3.41. The summed E-state index contributed by atoms with van der Waals surface area (Å²) in [6.45, 7) is 8.67. The molecule has 1 rings (SSSR count). The Bertz CT molecular complexity index is 434. The van der Waals surface area contributed by atoms with Crippen LogP contribution in [0.2, 0.25) is 0 Å². The largest absolute Gasteiger partial charge is 0.478 e. The van der Waals surface area contributed by atoms with Crippen molar-refractivity contribution in [1.82, 2.24) is 4.90 Å². The van der Waals surface area contributed by atoms with E-state index in [1.807, 2.05) is 6.92 Å². The highest BCUT2D eigenvalue weighted by Crippen LogP contribution is 2.15. The number of carboxylic acid groups (broad SMARTS) is 1. The summed E-state index contributed by atoms with van der Waals surface area (Å²) >= 11 is 0. The Balaban J connectivity index is 2.87. The highest BCUT2D eigenvalue weighted by molar-refractivity contribution is 5.89. The second-order valence-corrected chi connectivity index (χ2v) is 4.95. The summed E-state index contributed by atoms with van der Waals surface area (Å²) in [5.41, 5.74) is 0.724. The molecule has 0 aromatic heterocycles. The number of hydrogen-bond donors (Lipinski definition) is 1. The standard InChI is InChI=1S/C15H22FNO2/c1-4-11(3)9-17(5-2)10-12-6-7-13(16)8-14(12)15(18)19/h6-8,11H,4-5,9-10H2,1-3H3,(H,18,19). The maximum absolute atomic E-state index is 13.1. The SMILES string of the molecule is CCC(C)CN(CC)Cc1ccc(F)cc1C(=O)O. The molecular formula is C15H22FNO2. The van der Waals surface area contributed by atoms with Crippen molar-refractivity contribution in [3.63, 3.8) is 0 Å². The van der Waals surface area contributed by atoms with Gasteiger partial charge in [0.25, 0.3) is 0 Å². The van der Waals surface area contributed by atoms with Gasteiger partial charge in [-0.1, -0.05) is 33.3 Å². The van der Waals surface area contributed by atoms with E-state index >= 15 is 0 Å². The number of benzene rings is 1. The van der Waals surface area contributed by atoms with Crippen molar-refractivity contribution in [3.8, 4) is 0 Å². The van der Waals surface area contributed by atoms with E-state index in [0.717, 1.165) is 25.6 Å². The summed E-state index contributed by atoms with van der Waals surface area (Å²) in [6.07, 6.45) is 1.09. The van der Waals surface area contributed by atoms with Crippen molar-refractivity contribution in [2.75, 3.05) is 13.1 Å². The molecule has 106 valence electrons. The van der Waals surface area contributed by atoms with E-state index in [2.05, 4.69) is 18.7 Å². The Kier molecular flexibility index (Phi) is 5.96. The molecule has 0 amide bonds. The van der Waals surface area contributed by atoms with E-state index in [1.54, 1.807) is 6.07 Å². The summed E-state index contributed by atoms with van der Waals surface area (Å²) in [7, 11) is 0. The number of aromatic carboxylic acids is 1. The molecule has 0 aliphatic carbocycles. The van der Waals surface area contributed by atoms with Crippen molar-refractivity contribution in [2.45, 2.75) is 33.7 Å². The first-order valence-corrected chi connectivity index (χ1v) is 6.72. The molecule has 0 fully saturated rings. The van der Waals surface area contributed by atoms with E-state index in [-0.39, 0.29) is 5.56 Å². The Morgan fingerprint density at radius 3 is 2.63 bits per heavy atom. The lowest BCUT2D eigenvalue weighted by molar-refractivity contribution is 0.0693. The van der Waals surface area contributed by atoms with Crippen LogP contribution in [0.25, 0.3) is 0 Å². The molecule has 0 heterocycles. The van der Waals surface area contributed by atoms with Crippen molar-refractivity contribution >= 4 is 5.97 Å². The molecule has 0 aliphatic rings. The maximum Gasteiger partial charge on any atom is 0.336 e. The average molecular weight is 267 g/mol. The fourth-order valence-corrected chi connectivity index (χ4v) is 2.00. The van der Waals surface area contributed by atoms with Gasteiger partial charge in [0.2, 0.25) is 0 Å². The predicted molar refractivity (Wildman–Crippen MR) is 73.8 cm³/mol. The third kappa shape index (κ3) is 4.63. The molecule has 1 N–H and O–H groups in total. The zero-order valence-electron chi connectivity index (χ0n) is 11.8. The van der Waals surface area contributed by atoms with Crippen LogP contribution in [-0.4, -0.2) is 29.1 Å². The number of nitrogens with zero attached hydrogens (tertiary/aromatic N) is 1. The fraction of sp³-hybridized carbons (Fsp3) is 0.533. The molecular weight excluding hydrogens is 245 g/mol. The summed E-state index contributed by atoms with van der Waals surface area (Å²) in [6, 6.07) is 3.98. The molecule has 1 aromatic carbocycles. The summed E-state index contributed by atoms with van der Waals surface area (Å²) in [5, 5.41) is 9.12. The normalized spacial score (nSPS) is 12.7. The second kappa shape index (κ2) is 7.24. The van der Waals surface area contributed by atoms with Crippen molar-refractivity contribution in [1.29, 1.82) is 0 Å². The van der Waals surface area contributed by atoms with Crippen LogP contribution in [-0.2, 0) is 6.54 Å². The van der Waals surface area contributed by atoms with Gasteiger partial charge in [0.15, 0.2) is 0 Å². The highest BCUT2D eigenvalue weighted by atomic mass is 19.1. The van der Waals surface area contributed by atoms with Crippen LogP contribution < -0.4 is 0 Å². The Morgan fingerprint density at radius 1 is 1.42 bits per heavy atom. The van der Waals surface area contributed by atoms with Crippen LogP contribution in [0.3, 0.4) is 0 Å². The molecule has 0 spiro atoms. The monoisotopic (exact) mass is 267 g/mol. The van der Waals surface area contributed by atoms with Gasteiger partial charge in [-0.3, -0.25) is 4.90 Å². The quantitative estimate of drug-likeness (QED) is 0.823. The molecule has 1 atom stereocenters. The molecule has 0 saturated carbocycles. The number of carbonyl (C=O) groups is 1. The molecule has 3 nitrogen and oxygen atoms in total. The Hall–Kier alpha value is -1.42. The van der Waals surface area contributed by atoms with Gasteiger partial charge in [-0.05, 0) is 30.2 Å². The van der Waals surface area contributed by atoms with E-state index in [1.165, 1.54) is 6.07 Å². The van der Waals surface area contributed by atoms with Crippen LogP contribution in [0.4, 0.5) is 4.39 Å². The molecule has 1 aromatic rings. The molecule has 19 heavy (non-hydrogen) atoms. The van der Waals surface area contributed by atoms with Crippen molar-refractivity contribution in [3.05, 3.63) is 35.1 Å². The molecule has 4 heteroatoms. The van der Waals surface area contributed by atoms with Gasteiger partial charge in [-0.15, -0.1) is 0 Å². The highest BCUT2D eigenvalue weighted by Gasteiger charge is 2.15. The van der Waals surface area contributed by atoms with Gasteiger partial charge in [-0.2, -0.15) is 0 Å². The second-order valence-electron chi connectivity index (χ2n) is 4.95. The Labute approximate surface area is 114 Å². The average Bonchev–Trinajstić information content (AvgIpc) is 2.39. The lowest BCUT2D eigenvalue weighted by Gasteiger charge is -2.24. The zero-order chi connectivity index (χ0) is 14.4. The first kappa shape index (κ1) is 15.6. The van der Waals surface area contributed by atoms with Crippen LogP contribution in [0.15, 0.2) is 18.2 Å². The van der Waals surface area contributed by atoms with Crippen LogP contribution >= 0.6 is 0 Å². The Morgan fingerprint density at radius 2 is 2.11 bits per heavy atom. The number of rotatable bonds is 7. The molecule has 1 unspecified atom stereocenters. The summed E-state index contributed by atoms with van der Waals surface area (Å²) < 4.78 is 13.1. The molecule has 0 bridgehead atoms. The van der Waals surface area contributed by atoms with Gasteiger partial charge in [-0.25, -0.2) is 9.18 Å². The molecule has 0 saturated heterocycles. The zero-order valence-corrected chi connectivity index (χ0v) is 11.8. The van der Waals surface area contributed by atoms with E-state index in [9.17, 15) is 9.18 Å². The van der Waals surface area contributed by atoms with Gasteiger partial charge < -0.3 is 5.11 Å². The molecule has 0 radical (unpaired) electrons. The first-order valence-electron chi connectivity index (χ1n) is 6.72. The van der Waals surface area contributed by atoms with Crippen molar-refractivity contribution in [2.24, 2.45) is 5.92 Å². The fourth-order valence-electron chi connectivity index (χ4n) is 2.00. The van der Waals surface area contributed by atoms with E-state index < -0.39 is 11.8 Å². The van der Waals surface area contributed by atoms with Gasteiger partial charge in [0, 0.05) is 13.1 Å². The minimum atomic E-state index is -1.07. The predicted octanol–water partition coefficient (Wildman–Crippen LogP) is 3.39. The summed E-state index contributed by atoms with van der Waals surface area (Å²) in [4.78, 5) is 13.3. The number of halogens is 1. The van der Waals surface area contributed by atoms with Gasteiger partial charge in [0.1, 0.15) is 5.82 Å². The van der Waals surface area contributed by atoms with Crippen LogP contribution in [0.5, 0.6) is 0 Å². The van der Waals surface area contributed by atoms with E-state index in [4.69, 9.17) is 5.11 Å². The van der Waals surface area contributed by atoms with E-state index in [0.29, 0.717) is 18.0 Å². The summed E-state index contributed by atoms with van der Waals surface area (Å²) in [5.74, 6) is -1.02. The van der Waals surface area contributed by atoms with Crippen LogP contribution in [0, 0.1) is 11.7 Å². The smallest absolute Gasteiger partial charge is 0.336 e.